The Morgan fingerprint density at radius 3 is 2.56 bits per heavy atom. The molecule has 1 amide bonds. The van der Waals surface area contributed by atoms with Crippen molar-refractivity contribution in [3.05, 3.63) is 81.9 Å². The van der Waals surface area contributed by atoms with Gasteiger partial charge in [-0.05, 0) is 47.7 Å². The number of anilines is 2. The van der Waals surface area contributed by atoms with Gasteiger partial charge in [-0.2, -0.15) is 4.80 Å². The van der Waals surface area contributed by atoms with Crippen LogP contribution >= 0.6 is 23.4 Å². The number of amides is 1. The number of benzene rings is 3. The number of para-hydroxylation sites is 1. The largest absolute Gasteiger partial charge is 0.277 e. The van der Waals surface area contributed by atoms with Crippen molar-refractivity contribution in [2.45, 2.75) is 16.3 Å². The molecular formula is C21H13ClN6O3S. The summed E-state index contributed by atoms with van der Waals surface area (Å²) >= 11 is 7.78. The summed E-state index contributed by atoms with van der Waals surface area (Å²) in [5.41, 5.74) is 1.98. The number of fused-ring (bicyclic) bond motifs is 2. The first-order valence-corrected chi connectivity index (χ1v) is 10.6. The highest BCUT2D eigenvalue weighted by molar-refractivity contribution is 7.99. The first kappa shape index (κ1) is 20.2. The van der Waals surface area contributed by atoms with Gasteiger partial charge >= 0.3 is 0 Å². The van der Waals surface area contributed by atoms with Crippen LogP contribution in [0.1, 0.15) is 0 Å². The molecule has 0 fully saturated rings. The van der Waals surface area contributed by atoms with Gasteiger partial charge in [0.2, 0.25) is 5.82 Å². The molecule has 2 heterocycles. The van der Waals surface area contributed by atoms with E-state index in [0.29, 0.717) is 16.3 Å². The molecule has 5 rings (SSSR count). The second-order valence-electron chi connectivity index (χ2n) is 6.86. The molecule has 158 valence electrons. The molecule has 1 aliphatic rings. The number of nitro benzene ring substituents is 1. The van der Waals surface area contributed by atoms with Gasteiger partial charge in [0, 0.05) is 32.5 Å². The fourth-order valence-electron chi connectivity index (χ4n) is 3.35. The molecular weight excluding hydrogens is 452 g/mol. The fourth-order valence-corrected chi connectivity index (χ4v) is 4.55. The predicted octanol–water partition coefficient (Wildman–Crippen LogP) is 4.73. The molecule has 3 aromatic carbocycles. The second-order valence-corrected chi connectivity index (χ2v) is 8.38. The summed E-state index contributed by atoms with van der Waals surface area (Å²) in [7, 11) is 0. The molecule has 0 N–H and O–H groups in total. The van der Waals surface area contributed by atoms with Crippen molar-refractivity contribution >= 4 is 46.3 Å². The van der Waals surface area contributed by atoms with Gasteiger partial charge in [0.15, 0.2) is 0 Å². The van der Waals surface area contributed by atoms with E-state index in [1.807, 2.05) is 30.3 Å². The number of hydrogen-bond donors (Lipinski definition) is 0. The normalized spacial score (nSPS) is 12.2. The van der Waals surface area contributed by atoms with E-state index in [9.17, 15) is 14.9 Å². The van der Waals surface area contributed by atoms with Crippen LogP contribution in [0.4, 0.5) is 17.1 Å². The van der Waals surface area contributed by atoms with Crippen LogP contribution in [-0.4, -0.2) is 31.0 Å². The van der Waals surface area contributed by atoms with Crippen molar-refractivity contribution in [2.24, 2.45) is 0 Å². The lowest BCUT2D eigenvalue weighted by Gasteiger charge is -2.31. The third-order valence-electron chi connectivity index (χ3n) is 4.80. The quantitative estimate of drug-likeness (QED) is 0.317. The van der Waals surface area contributed by atoms with Crippen LogP contribution in [0.2, 0.25) is 5.02 Å². The van der Waals surface area contributed by atoms with E-state index >= 15 is 0 Å². The van der Waals surface area contributed by atoms with Crippen LogP contribution in [-0.2, 0) is 11.3 Å². The smallest absolute Gasteiger partial charge is 0.269 e. The summed E-state index contributed by atoms with van der Waals surface area (Å²) in [5, 5.41) is 23.6. The lowest BCUT2D eigenvalue weighted by molar-refractivity contribution is -0.384. The van der Waals surface area contributed by atoms with Crippen molar-refractivity contribution in [3.63, 3.8) is 0 Å². The van der Waals surface area contributed by atoms with Gasteiger partial charge in [-0.1, -0.05) is 35.5 Å². The molecule has 0 saturated carbocycles. The molecule has 0 spiro atoms. The summed E-state index contributed by atoms with van der Waals surface area (Å²) < 4.78 is 0. The molecule has 1 aromatic heterocycles. The molecule has 0 radical (unpaired) electrons. The Hall–Kier alpha value is -3.76. The Labute approximate surface area is 190 Å². The number of nitro groups is 1. The molecule has 0 unspecified atom stereocenters. The molecule has 32 heavy (non-hydrogen) atoms. The number of non-ortho nitro benzene ring substituents is 1. The summed E-state index contributed by atoms with van der Waals surface area (Å²) in [6.07, 6.45) is 0. The average molecular weight is 465 g/mol. The van der Waals surface area contributed by atoms with Crippen molar-refractivity contribution in [2.75, 3.05) is 4.90 Å². The van der Waals surface area contributed by atoms with Crippen LogP contribution in [0.3, 0.4) is 0 Å². The molecule has 9 nitrogen and oxygen atoms in total. The van der Waals surface area contributed by atoms with Crippen molar-refractivity contribution in [1.82, 2.24) is 20.2 Å². The maximum absolute atomic E-state index is 13.3. The molecule has 0 bridgehead atoms. The van der Waals surface area contributed by atoms with Crippen LogP contribution in [0, 0.1) is 10.1 Å². The number of hydrogen-bond acceptors (Lipinski definition) is 7. The number of carbonyl (C=O) groups excluding carboxylic acids is 1. The number of tetrazole rings is 1. The van der Waals surface area contributed by atoms with Crippen molar-refractivity contribution < 1.29 is 9.72 Å². The standard InChI is InChI=1S/C21H13ClN6O3S/c22-14-7-10-19-17(11-14)27(16-3-1-2-4-18(16)32-19)20(29)12-26-24-21(23-25-26)13-5-8-15(9-6-13)28(30)31/h1-11H,12H2. The van der Waals surface area contributed by atoms with Crippen LogP contribution in [0.25, 0.3) is 11.4 Å². The minimum atomic E-state index is -0.481. The van der Waals surface area contributed by atoms with E-state index < -0.39 is 4.92 Å². The van der Waals surface area contributed by atoms with Crippen molar-refractivity contribution in [1.29, 1.82) is 0 Å². The number of aromatic nitrogens is 4. The van der Waals surface area contributed by atoms with E-state index in [2.05, 4.69) is 15.4 Å². The molecule has 0 saturated heterocycles. The first-order chi connectivity index (χ1) is 15.5. The van der Waals surface area contributed by atoms with Crippen molar-refractivity contribution in [3.8, 4) is 11.4 Å². The van der Waals surface area contributed by atoms with Crippen LogP contribution < -0.4 is 4.90 Å². The molecule has 0 aliphatic carbocycles. The third-order valence-corrected chi connectivity index (χ3v) is 6.17. The Morgan fingerprint density at radius 2 is 1.78 bits per heavy atom. The van der Waals surface area contributed by atoms with E-state index in [4.69, 9.17) is 11.6 Å². The highest BCUT2D eigenvalue weighted by atomic mass is 35.5. The Kier molecular flexibility index (Phi) is 5.08. The fraction of sp³-hybridized carbons (Fsp3) is 0.0476. The maximum atomic E-state index is 13.3. The topological polar surface area (TPSA) is 107 Å². The lowest BCUT2D eigenvalue weighted by Crippen LogP contribution is -2.32. The Morgan fingerprint density at radius 1 is 1.03 bits per heavy atom. The highest BCUT2D eigenvalue weighted by Gasteiger charge is 2.29. The van der Waals surface area contributed by atoms with Gasteiger partial charge < -0.3 is 0 Å². The molecule has 11 heteroatoms. The van der Waals surface area contributed by atoms with Gasteiger partial charge in [-0.3, -0.25) is 19.8 Å². The van der Waals surface area contributed by atoms with Crippen LogP contribution in [0.15, 0.2) is 76.5 Å². The molecule has 0 atom stereocenters. The molecule has 4 aromatic rings. The van der Waals surface area contributed by atoms with Gasteiger partial charge in [0.25, 0.3) is 11.6 Å². The third kappa shape index (κ3) is 3.70. The zero-order valence-corrected chi connectivity index (χ0v) is 17.8. The average Bonchev–Trinajstić information content (AvgIpc) is 3.26. The zero-order valence-electron chi connectivity index (χ0n) is 16.3. The maximum Gasteiger partial charge on any atom is 0.269 e. The Bertz CT molecular complexity index is 1360. The summed E-state index contributed by atoms with van der Waals surface area (Å²) in [6, 6.07) is 18.9. The first-order valence-electron chi connectivity index (χ1n) is 9.41. The molecule has 1 aliphatic heterocycles. The SMILES string of the molecule is O=C(Cn1nnc(-c2ccc([N+](=O)[O-])cc2)n1)N1c2ccccc2Sc2ccc(Cl)cc21. The second kappa shape index (κ2) is 8.06. The van der Waals surface area contributed by atoms with E-state index in [1.165, 1.54) is 29.1 Å². The van der Waals surface area contributed by atoms with Crippen LogP contribution in [0.5, 0.6) is 0 Å². The number of nitrogens with zero attached hydrogens (tertiary/aromatic N) is 6. The summed E-state index contributed by atoms with van der Waals surface area (Å²) in [6.45, 7) is -0.148. The highest BCUT2D eigenvalue weighted by Crippen LogP contribution is 2.48. The van der Waals surface area contributed by atoms with Gasteiger partial charge in [-0.25, -0.2) is 0 Å². The number of halogens is 1. The number of carbonyl (C=O) groups is 1. The summed E-state index contributed by atoms with van der Waals surface area (Å²) in [5.74, 6) is 0.0136. The van der Waals surface area contributed by atoms with Gasteiger partial charge in [-0.15, -0.1) is 10.2 Å². The minimum Gasteiger partial charge on any atom is -0.277 e. The zero-order chi connectivity index (χ0) is 22.2. The van der Waals surface area contributed by atoms with Gasteiger partial charge in [0.1, 0.15) is 6.54 Å². The number of rotatable bonds is 4. The van der Waals surface area contributed by atoms with E-state index in [1.54, 1.807) is 28.8 Å². The summed E-state index contributed by atoms with van der Waals surface area (Å²) in [4.78, 5) is 28.4. The minimum absolute atomic E-state index is 0.0321. The lowest BCUT2D eigenvalue weighted by atomic mass is 10.2. The predicted molar refractivity (Wildman–Crippen MR) is 119 cm³/mol. The van der Waals surface area contributed by atoms with E-state index in [0.717, 1.165) is 15.5 Å². The van der Waals surface area contributed by atoms with Gasteiger partial charge in [0.05, 0.1) is 16.3 Å². The monoisotopic (exact) mass is 464 g/mol. The van der Waals surface area contributed by atoms with E-state index in [-0.39, 0.29) is 24.0 Å². The Balaban J connectivity index is 1.44.